The van der Waals surface area contributed by atoms with Crippen LogP contribution in [0.25, 0.3) is 0 Å². The van der Waals surface area contributed by atoms with Gasteiger partial charge in [0.2, 0.25) is 10.0 Å². The molecule has 1 atom stereocenters. The topological polar surface area (TPSA) is 86.6 Å². The summed E-state index contributed by atoms with van der Waals surface area (Å²) >= 11 is 0. The molecular formula is C19H26N3O4S+. The number of carbonyl (C=O) groups excluding carboxylic acids is 2. The lowest BCUT2D eigenvalue weighted by Crippen LogP contribution is -2.51. The van der Waals surface area contributed by atoms with Gasteiger partial charge in [-0.1, -0.05) is 18.9 Å². The molecule has 0 spiro atoms. The third-order valence-electron chi connectivity index (χ3n) is 6.06. The standard InChI is InChI=1S/C19H26N3O4S/c1-19(9-10-19)20-27(25,26)14-7-8-16-15(11-14)17(23)21(2)18(24)22(16)12-13-5-3-4-6-13/h7-8,11,13-14,20H,3-6,9-10,12H2,1-2H3/q+1. The van der Waals surface area contributed by atoms with Gasteiger partial charge in [0.15, 0.2) is 0 Å². The first-order valence-corrected chi connectivity index (χ1v) is 11.1. The van der Waals surface area contributed by atoms with Crippen LogP contribution in [0.1, 0.15) is 45.4 Å². The summed E-state index contributed by atoms with van der Waals surface area (Å²) in [7, 11) is -2.17. The Bertz CT molecular complexity index is 890. The number of imide groups is 1. The molecule has 1 aliphatic heterocycles. The predicted molar refractivity (Wildman–Crippen MR) is 101 cm³/mol. The van der Waals surface area contributed by atoms with Crippen molar-refractivity contribution < 1.29 is 22.6 Å². The van der Waals surface area contributed by atoms with E-state index < -0.39 is 21.2 Å². The molecular weight excluding hydrogens is 366 g/mol. The number of nitrogens with one attached hydrogen (secondary N) is 1. The summed E-state index contributed by atoms with van der Waals surface area (Å²) in [6, 6.07) is -0.339. The minimum absolute atomic E-state index is 0.300. The Morgan fingerprint density at radius 2 is 1.93 bits per heavy atom. The molecule has 3 aliphatic carbocycles. The molecule has 2 saturated carbocycles. The highest BCUT2D eigenvalue weighted by Crippen LogP contribution is 2.36. The highest BCUT2D eigenvalue weighted by atomic mass is 32.2. The summed E-state index contributed by atoms with van der Waals surface area (Å²) in [6.07, 6.45) is 10.8. The summed E-state index contributed by atoms with van der Waals surface area (Å²) in [4.78, 5) is 26.4. The Morgan fingerprint density at radius 1 is 1.26 bits per heavy atom. The summed E-state index contributed by atoms with van der Waals surface area (Å²) in [5, 5.41) is -0.910. The van der Waals surface area contributed by atoms with E-state index in [4.69, 9.17) is 0 Å². The Kier molecular flexibility index (Phi) is 4.38. The number of rotatable bonds is 5. The lowest BCUT2D eigenvalue weighted by Gasteiger charge is -2.25. The molecule has 4 rings (SSSR count). The molecule has 7 nitrogen and oxygen atoms in total. The molecule has 1 unspecified atom stereocenters. The number of allylic oxidation sites excluding steroid dienone is 1. The van der Waals surface area contributed by atoms with Crippen molar-refractivity contribution in [2.45, 2.75) is 56.2 Å². The quantitative estimate of drug-likeness (QED) is 0.720. The zero-order chi connectivity index (χ0) is 19.4. The summed E-state index contributed by atoms with van der Waals surface area (Å²) in [5.41, 5.74) is 0.459. The van der Waals surface area contributed by atoms with E-state index in [0.717, 1.165) is 30.6 Å². The molecule has 1 heterocycles. The largest absolute Gasteiger partial charge is 0.501 e. The lowest BCUT2D eigenvalue weighted by atomic mass is 9.99. The molecule has 2 fully saturated rings. The van der Waals surface area contributed by atoms with E-state index in [-0.39, 0.29) is 11.6 Å². The maximum Gasteiger partial charge on any atom is 0.501 e. The van der Waals surface area contributed by atoms with Gasteiger partial charge in [-0.3, -0.25) is 0 Å². The van der Waals surface area contributed by atoms with Crippen LogP contribution in [0, 0.1) is 5.92 Å². The van der Waals surface area contributed by atoms with E-state index in [1.807, 2.05) is 6.92 Å². The van der Waals surface area contributed by atoms with E-state index in [1.165, 1.54) is 26.0 Å². The van der Waals surface area contributed by atoms with Crippen molar-refractivity contribution in [3.05, 3.63) is 23.8 Å². The van der Waals surface area contributed by atoms with Crippen LogP contribution in [0.4, 0.5) is 4.79 Å². The van der Waals surface area contributed by atoms with Crippen LogP contribution in [-0.4, -0.2) is 59.9 Å². The van der Waals surface area contributed by atoms with Crippen LogP contribution in [-0.2, 0) is 14.8 Å². The number of sulfonamides is 1. The van der Waals surface area contributed by atoms with Crippen molar-refractivity contribution in [1.82, 2.24) is 9.62 Å². The number of hydrogen-bond donors (Lipinski definition) is 1. The van der Waals surface area contributed by atoms with E-state index in [1.54, 1.807) is 16.7 Å². The van der Waals surface area contributed by atoms with Crippen LogP contribution in [0.3, 0.4) is 0 Å². The average molecular weight is 393 g/mol. The lowest BCUT2D eigenvalue weighted by molar-refractivity contribution is -0.444. The van der Waals surface area contributed by atoms with Crippen molar-refractivity contribution in [2.75, 3.05) is 13.6 Å². The first-order valence-electron chi connectivity index (χ1n) is 9.60. The number of urea groups is 1. The molecule has 0 radical (unpaired) electrons. The molecule has 3 amide bonds. The van der Waals surface area contributed by atoms with Crippen molar-refractivity contribution >= 4 is 27.7 Å². The van der Waals surface area contributed by atoms with Gasteiger partial charge in [0.05, 0.1) is 13.6 Å². The summed E-state index contributed by atoms with van der Waals surface area (Å²) < 4.78 is 29.8. The number of hydrogen-bond acceptors (Lipinski definition) is 4. The number of fused-ring (bicyclic) bond motifs is 1. The fraction of sp³-hybridized carbons (Fsp3) is 0.632. The Labute approximate surface area is 159 Å². The highest BCUT2D eigenvalue weighted by Gasteiger charge is 2.46. The third-order valence-corrected chi connectivity index (χ3v) is 7.84. The fourth-order valence-corrected chi connectivity index (χ4v) is 5.70. The maximum absolute atomic E-state index is 12.7. The second-order valence-electron chi connectivity index (χ2n) is 8.40. The summed E-state index contributed by atoms with van der Waals surface area (Å²) in [5.74, 6) is -0.0181. The van der Waals surface area contributed by atoms with Crippen LogP contribution >= 0.6 is 0 Å². The number of nitrogens with zero attached hydrogens (tertiary/aromatic N) is 2. The van der Waals surface area contributed by atoms with Gasteiger partial charge >= 0.3 is 11.9 Å². The second kappa shape index (κ2) is 6.38. The van der Waals surface area contributed by atoms with E-state index in [9.17, 15) is 18.0 Å². The highest BCUT2D eigenvalue weighted by molar-refractivity contribution is 7.90. The first kappa shape index (κ1) is 18.6. The van der Waals surface area contributed by atoms with Gasteiger partial charge in [0.1, 0.15) is 16.5 Å². The molecule has 0 aromatic heterocycles. The zero-order valence-corrected chi connectivity index (χ0v) is 16.6. The van der Waals surface area contributed by atoms with Gasteiger partial charge in [-0.15, -0.1) is 0 Å². The number of carbonyl (C=O) groups is 2. The van der Waals surface area contributed by atoms with E-state index >= 15 is 0 Å². The normalized spacial score (nSPS) is 27.9. The minimum Gasteiger partial charge on any atom is -0.241 e. The zero-order valence-electron chi connectivity index (χ0n) is 15.8. The van der Waals surface area contributed by atoms with Crippen LogP contribution < -0.4 is 4.72 Å². The molecule has 27 heavy (non-hydrogen) atoms. The van der Waals surface area contributed by atoms with Crippen molar-refractivity contribution in [1.29, 1.82) is 0 Å². The minimum atomic E-state index is -3.62. The van der Waals surface area contributed by atoms with Gasteiger partial charge in [-0.2, -0.15) is 14.3 Å². The van der Waals surface area contributed by atoms with Crippen molar-refractivity contribution in [3.8, 4) is 0 Å². The Morgan fingerprint density at radius 3 is 2.56 bits per heavy atom. The van der Waals surface area contributed by atoms with Gasteiger partial charge in [0.25, 0.3) is 0 Å². The van der Waals surface area contributed by atoms with Gasteiger partial charge in [0, 0.05) is 5.54 Å². The maximum atomic E-state index is 12.7. The van der Waals surface area contributed by atoms with Crippen LogP contribution in [0.5, 0.6) is 0 Å². The van der Waals surface area contributed by atoms with Crippen molar-refractivity contribution in [2.24, 2.45) is 5.92 Å². The van der Waals surface area contributed by atoms with Gasteiger partial charge in [-0.25, -0.2) is 17.9 Å². The fourth-order valence-electron chi connectivity index (χ4n) is 4.07. The Balaban J connectivity index is 1.68. The SMILES string of the molecule is CN1C(=O)C2=CC(S(=O)(=O)NC3(C)CC3)C=CC2=[N+](CC2CCCC2)C1=O. The second-order valence-corrected chi connectivity index (χ2v) is 10.2. The van der Waals surface area contributed by atoms with Gasteiger partial charge < -0.3 is 0 Å². The number of likely N-dealkylation sites (N-methyl/N-ethyl adjacent to an activating group) is 1. The molecule has 4 aliphatic rings. The molecule has 0 aromatic rings. The molecule has 1 N–H and O–H groups in total. The number of amides is 3. The first-order chi connectivity index (χ1) is 12.7. The third kappa shape index (κ3) is 3.40. The molecule has 0 saturated heterocycles. The van der Waals surface area contributed by atoms with Crippen LogP contribution in [0.15, 0.2) is 23.8 Å². The molecule has 0 bridgehead atoms. The summed E-state index contributed by atoms with van der Waals surface area (Å²) in [6.45, 7) is 2.45. The Hall–Kier alpha value is -1.80. The molecule has 8 heteroatoms. The monoisotopic (exact) mass is 392 g/mol. The predicted octanol–water partition coefficient (Wildman–Crippen LogP) is 1.56. The molecule has 0 aromatic carbocycles. The van der Waals surface area contributed by atoms with Crippen LogP contribution in [0.2, 0.25) is 0 Å². The van der Waals surface area contributed by atoms with E-state index in [0.29, 0.717) is 23.7 Å². The molecule has 146 valence electrons. The van der Waals surface area contributed by atoms with Crippen molar-refractivity contribution in [3.63, 3.8) is 0 Å². The van der Waals surface area contributed by atoms with Gasteiger partial charge in [-0.05, 0) is 50.7 Å². The van der Waals surface area contributed by atoms with E-state index in [2.05, 4.69) is 4.72 Å². The smallest absolute Gasteiger partial charge is 0.241 e. The average Bonchev–Trinajstić information content (AvgIpc) is 3.12.